The monoisotopic (exact) mass is 432 g/mol. The number of hydrogen-bond acceptors (Lipinski definition) is 5. The summed E-state index contributed by atoms with van der Waals surface area (Å²) in [6.45, 7) is 1.69. The number of benzene rings is 2. The number of rotatable bonds is 6. The lowest BCUT2D eigenvalue weighted by Crippen LogP contribution is -2.36. The lowest BCUT2D eigenvalue weighted by Gasteiger charge is -2.20. The first-order valence-electron chi connectivity index (χ1n) is 8.67. The maximum absolute atomic E-state index is 13.1. The average Bonchev–Trinajstić information content (AvgIpc) is 3.10. The molecule has 0 atom stereocenters. The lowest BCUT2D eigenvalue weighted by atomic mass is 10.2. The molecule has 1 heterocycles. The van der Waals surface area contributed by atoms with Gasteiger partial charge in [0.05, 0.1) is 12.8 Å². The maximum Gasteiger partial charge on any atom is 0.325 e. The topological polar surface area (TPSA) is 77.3 Å². The van der Waals surface area contributed by atoms with Gasteiger partial charge in [-0.05, 0) is 48.9 Å². The van der Waals surface area contributed by atoms with Gasteiger partial charge in [-0.1, -0.05) is 35.3 Å². The molecule has 3 aromatic rings. The fourth-order valence-corrected chi connectivity index (χ4v) is 2.93. The van der Waals surface area contributed by atoms with Gasteiger partial charge in [0.25, 0.3) is 5.91 Å². The van der Waals surface area contributed by atoms with Crippen LogP contribution in [0.2, 0.25) is 10.0 Å². The number of carbonyl (C=O) groups excluding carboxylic acids is 2. The van der Waals surface area contributed by atoms with Crippen LogP contribution in [0.1, 0.15) is 22.0 Å². The Morgan fingerprint density at radius 3 is 2.21 bits per heavy atom. The van der Waals surface area contributed by atoms with E-state index in [1.165, 1.54) is 12.0 Å². The van der Waals surface area contributed by atoms with Crippen molar-refractivity contribution in [2.45, 2.75) is 13.5 Å². The van der Waals surface area contributed by atoms with E-state index in [9.17, 15) is 9.59 Å². The summed E-state index contributed by atoms with van der Waals surface area (Å²) in [5.74, 6) is -0.516. The van der Waals surface area contributed by atoms with Gasteiger partial charge in [-0.2, -0.15) is 0 Å². The highest BCUT2D eigenvalue weighted by Crippen LogP contribution is 2.16. The second-order valence-corrected chi connectivity index (χ2v) is 7.11. The van der Waals surface area contributed by atoms with Crippen LogP contribution in [-0.4, -0.2) is 45.2 Å². The number of esters is 1. The standard InChI is InChI=1S/C20H18Cl2N4O3/c1-13-23-19(24-26(13)17-9-7-16(22)8-10-17)20(28)25(12-18(27)29-2)11-14-3-5-15(21)6-4-14/h3-10H,11-12H2,1-2H3. The van der Waals surface area contributed by atoms with Gasteiger partial charge >= 0.3 is 5.97 Å². The molecule has 0 unspecified atom stereocenters. The van der Waals surface area contributed by atoms with Gasteiger partial charge in [0.1, 0.15) is 12.4 Å². The molecule has 0 bridgehead atoms. The normalized spacial score (nSPS) is 10.6. The van der Waals surface area contributed by atoms with Crippen LogP contribution in [0, 0.1) is 6.92 Å². The Kier molecular flexibility index (Phi) is 6.51. The number of halogens is 2. The second-order valence-electron chi connectivity index (χ2n) is 6.23. The first-order chi connectivity index (χ1) is 13.9. The summed E-state index contributed by atoms with van der Waals surface area (Å²) in [5.41, 5.74) is 1.52. The minimum absolute atomic E-state index is 0.0182. The predicted molar refractivity (Wildman–Crippen MR) is 109 cm³/mol. The van der Waals surface area contributed by atoms with Crippen molar-refractivity contribution in [1.29, 1.82) is 0 Å². The van der Waals surface area contributed by atoms with Crippen LogP contribution in [0.15, 0.2) is 48.5 Å². The van der Waals surface area contributed by atoms with Crippen molar-refractivity contribution in [3.8, 4) is 5.69 Å². The van der Waals surface area contributed by atoms with E-state index in [1.54, 1.807) is 60.1 Å². The third-order valence-corrected chi connectivity index (χ3v) is 4.66. The number of hydrogen-bond donors (Lipinski definition) is 0. The molecule has 7 nitrogen and oxygen atoms in total. The third-order valence-electron chi connectivity index (χ3n) is 4.15. The highest BCUT2D eigenvalue weighted by atomic mass is 35.5. The molecule has 0 radical (unpaired) electrons. The molecule has 1 aromatic heterocycles. The van der Waals surface area contributed by atoms with Gasteiger partial charge in [-0.15, -0.1) is 5.10 Å². The largest absolute Gasteiger partial charge is 0.468 e. The van der Waals surface area contributed by atoms with Crippen LogP contribution in [0.25, 0.3) is 5.69 Å². The van der Waals surface area contributed by atoms with E-state index in [2.05, 4.69) is 10.1 Å². The van der Waals surface area contributed by atoms with E-state index in [1.807, 2.05) is 0 Å². The van der Waals surface area contributed by atoms with Crippen LogP contribution in [-0.2, 0) is 16.1 Å². The molecule has 0 saturated carbocycles. The minimum Gasteiger partial charge on any atom is -0.468 e. The molecular formula is C20H18Cl2N4O3. The third kappa shape index (κ3) is 5.13. The Balaban J connectivity index is 1.88. The van der Waals surface area contributed by atoms with Crippen LogP contribution in [0.4, 0.5) is 0 Å². The Labute approximate surface area is 177 Å². The van der Waals surface area contributed by atoms with Gasteiger partial charge in [0, 0.05) is 16.6 Å². The van der Waals surface area contributed by atoms with Crippen molar-refractivity contribution in [2.75, 3.05) is 13.7 Å². The SMILES string of the molecule is COC(=O)CN(Cc1ccc(Cl)cc1)C(=O)c1nc(C)n(-c2ccc(Cl)cc2)n1. The summed E-state index contributed by atoms with van der Waals surface area (Å²) >= 11 is 11.8. The number of amides is 1. The highest BCUT2D eigenvalue weighted by Gasteiger charge is 2.24. The van der Waals surface area contributed by atoms with Crippen molar-refractivity contribution in [2.24, 2.45) is 0 Å². The zero-order valence-electron chi connectivity index (χ0n) is 15.8. The van der Waals surface area contributed by atoms with Gasteiger partial charge in [-0.3, -0.25) is 9.59 Å². The second kappa shape index (κ2) is 9.07. The number of aromatic nitrogens is 3. The summed E-state index contributed by atoms with van der Waals surface area (Å²) in [6.07, 6.45) is 0. The van der Waals surface area contributed by atoms with Crippen molar-refractivity contribution >= 4 is 35.1 Å². The zero-order valence-corrected chi connectivity index (χ0v) is 17.3. The van der Waals surface area contributed by atoms with Crippen molar-refractivity contribution in [1.82, 2.24) is 19.7 Å². The molecule has 0 aliphatic heterocycles. The average molecular weight is 433 g/mol. The summed E-state index contributed by atoms with van der Waals surface area (Å²) in [7, 11) is 1.27. The molecular weight excluding hydrogens is 415 g/mol. The molecule has 9 heteroatoms. The first-order valence-corrected chi connectivity index (χ1v) is 9.43. The Hall–Kier alpha value is -2.90. The Morgan fingerprint density at radius 1 is 1.03 bits per heavy atom. The van der Waals surface area contributed by atoms with Crippen molar-refractivity contribution in [3.05, 3.63) is 75.8 Å². The van der Waals surface area contributed by atoms with Crippen LogP contribution >= 0.6 is 23.2 Å². The molecule has 0 fully saturated rings. The molecule has 0 aliphatic carbocycles. The quantitative estimate of drug-likeness (QED) is 0.554. The summed E-state index contributed by atoms with van der Waals surface area (Å²) in [4.78, 5) is 30.5. The first kappa shape index (κ1) is 20.8. The molecule has 29 heavy (non-hydrogen) atoms. The molecule has 3 rings (SSSR count). The smallest absolute Gasteiger partial charge is 0.325 e. The van der Waals surface area contributed by atoms with Gasteiger partial charge < -0.3 is 9.64 Å². The van der Waals surface area contributed by atoms with Crippen molar-refractivity contribution in [3.63, 3.8) is 0 Å². The summed E-state index contributed by atoms with van der Waals surface area (Å²) < 4.78 is 6.26. The lowest BCUT2D eigenvalue weighted by molar-refractivity contribution is -0.141. The molecule has 0 N–H and O–H groups in total. The van der Waals surface area contributed by atoms with E-state index in [-0.39, 0.29) is 18.9 Å². The van der Waals surface area contributed by atoms with E-state index >= 15 is 0 Å². The molecule has 1 amide bonds. The highest BCUT2D eigenvalue weighted by molar-refractivity contribution is 6.30. The maximum atomic E-state index is 13.1. The van der Waals surface area contributed by atoms with Crippen LogP contribution < -0.4 is 0 Å². The van der Waals surface area contributed by atoms with Crippen molar-refractivity contribution < 1.29 is 14.3 Å². The zero-order chi connectivity index (χ0) is 21.0. The number of nitrogens with zero attached hydrogens (tertiary/aromatic N) is 4. The number of carbonyl (C=O) groups is 2. The number of ether oxygens (including phenoxy) is 1. The summed E-state index contributed by atoms with van der Waals surface area (Å²) in [5, 5.41) is 5.49. The van der Waals surface area contributed by atoms with Gasteiger partial charge in [-0.25, -0.2) is 9.67 Å². The molecule has 150 valence electrons. The molecule has 0 saturated heterocycles. The van der Waals surface area contributed by atoms with E-state index in [4.69, 9.17) is 27.9 Å². The van der Waals surface area contributed by atoms with Gasteiger partial charge in [0.2, 0.25) is 5.82 Å². The fourth-order valence-electron chi connectivity index (χ4n) is 2.68. The Morgan fingerprint density at radius 2 is 1.62 bits per heavy atom. The number of methoxy groups -OCH3 is 1. The van der Waals surface area contributed by atoms with E-state index in [0.717, 1.165) is 11.3 Å². The molecule has 0 aliphatic rings. The molecule has 2 aromatic carbocycles. The number of aryl methyl sites for hydroxylation is 1. The minimum atomic E-state index is -0.541. The Bertz CT molecular complexity index is 1020. The van der Waals surface area contributed by atoms with Crippen LogP contribution in [0.5, 0.6) is 0 Å². The van der Waals surface area contributed by atoms with E-state index < -0.39 is 11.9 Å². The molecule has 0 spiro atoms. The fraction of sp³-hybridized carbons (Fsp3) is 0.200. The summed E-state index contributed by atoms with van der Waals surface area (Å²) in [6, 6.07) is 14.0. The van der Waals surface area contributed by atoms with Gasteiger partial charge in [0.15, 0.2) is 0 Å². The van der Waals surface area contributed by atoms with E-state index in [0.29, 0.717) is 15.9 Å². The predicted octanol–water partition coefficient (Wildman–Crippen LogP) is 3.70. The van der Waals surface area contributed by atoms with Crippen LogP contribution in [0.3, 0.4) is 0 Å².